The van der Waals surface area contributed by atoms with Crippen LogP contribution in [0.15, 0.2) is 60.7 Å². The maximum atomic E-state index is 13.9. The lowest BCUT2D eigenvalue weighted by atomic mass is 9.59. The monoisotopic (exact) mass is 496 g/mol. The number of benzene rings is 3. The van der Waals surface area contributed by atoms with E-state index in [1.54, 1.807) is 0 Å². The first-order chi connectivity index (χ1) is 17.7. The summed E-state index contributed by atoms with van der Waals surface area (Å²) in [6.07, 6.45) is 2.52. The number of fused-ring (bicyclic) bond motifs is 4. The van der Waals surface area contributed by atoms with E-state index >= 15 is 0 Å². The standard InChI is InChI=1S/C33H40N2O2/c1-22-17-23(2)32(24(3)18-22)35(21-26-9-7-6-8-10-26)31(37)13-15-34-16-14-33(5)25(4)30(34)19-27-11-12-28(36)20-29(27)33/h6-12,17-18,20,25,30,36H,13-16,19,21H2,1-5H3/t25-,30+,33+/m0/s1. The summed E-state index contributed by atoms with van der Waals surface area (Å²) in [4.78, 5) is 18.5. The van der Waals surface area contributed by atoms with E-state index in [2.05, 4.69) is 69.9 Å². The van der Waals surface area contributed by atoms with E-state index in [-0.39, 0.29) is 11.3 Å². The Morgan fingerprint density at radius 3 is 2.46 bits per heavy atom. The van der Waals surface area contributed by atoms with Gasteiger partial charge in [-0.1, -0.05) is 67.9 Å². The molecule has 3 aromatic rings. The number of hydrogen-bond donors (Lipinski definition) is 1. The maximum Gasteiger partial charge on any atom is 0.228 e. The summed E-state index contributed by atoms with van der Waals surface area (Å²) in [6, 6.07) is 21.0. The minimum Gasteiger partial charge on any atom is -0.508 e. The molecule has 5 rings (SSSR count). The molecule has 1 aliphatic heterocycles. The Balaban J connectivity index is 1.37. The number of likely N-dealkylation sites (tertiary alicyclic amines) is 1. The maximum absolute atomic E-state index is 13.9. The summed E-state index contributed by atoms with van der Waals surface area (Å²) >= 11 is 0. The number of nitrogens with zero attached hydrogens (tertiary/aromatic N) is 2. The van der Waals surface area contributed by atoms with Gasteiger partial charge in [-0.15, -0.1) is 0 Å². The molecule has 2 bridgehead atoms. The highest BCUT2D eigenvalue weighted by atomic mass is 16.3. The van der Waals surface area contributed by atoms with E-state index in [1.165, 1.54) is 16.7 Å². The zero-order chi connectivity index (χ0) is 26.3. The third-order valence-corrected chi connectivity index (χ3v) is 9.11. The Bertz CT molecular complexity index is 1280. The van der Waals surface area contributed by atoms with Crippen LogP contribution in [-0.4, -0.2) is 35.0 Å². The molecule has 1 saturated heterocycles. The van der Waals surface area contributed by atoms with Crippen LogP contribution >= 0.6 is 0 Å². The smallest absolute Gasteiger partial charge is 0.228 e. The van der Waals surface area contributed by atoms with E-state index in [1.807, 2.05) is 35.2 Å². The van der Waals surface area contributed by atoms with Crippen molar-refractivity contribution < 1.29 is 9.90 Å². The number of hydrogen-bond acceptors (Lipinski definition) is 3. The van der Waals surface area contributed by atoms with Gasteiger partial charge in [-0.3, -0.25) is 9.69 Å². The zero-order valence-corrected chi connectivity index (χ0v) is 22.9. The summed E-state index contributed by atoms with van der Waals surface area (Å²) in [5.41, 5.74) is 8.43. The van der Waals surface area contributed by atoms with Gasteiger partial charge in [0.1, 0.15) is 5.75 Å². The number of aryl methyl sites for hydroxylation is 3. The number of carbonyl (C=O) groups is 1. The molecule has 0 aromatic heterocycles. The first kappa shape index (κ1) is 25.5. The number of carbonyl (C=O) groups excluding carboxylic acids is 1. The fourth-order valence-electron chi connectivity index (χ4n) is 7.00. The molecule has 1 amide bonds. The Hall–Kier alpha value is -3.11. The Kier molecular flexibility index (Phi) is 6.89. The second-order valence-corrected chi connectivity index (χ2v) is 11.6. The van der Waals surface area contributed by atoms with Gasteiger partial charge in [0.25, 0.3) is 0 Å². The van der Waals surface area contributed by atoms with Gasteiger partial charge < -0.3 is 10.0 Å². The van der Waals surface area contributed by atoms with E-state index in [0.29, 0.717) is 30.7 Å². The van der Waals surface area contributed by atoms with Crippen molar-refractivity contribution in [2.45, 2.75) is 71.9 Å². The highest BCUT2D eigenvalue weighted by Gasteiger charge is 2.48. The van der Waals surface area contributed by atoms with Gasteiger partial charge in [0.15, 0.2) is 0 Å². The van der Waals surface area contributed by atoms with Crippen LogP contribution < -0.4 is 4.90 Å². The van der Waals surface area contributed by atoms with Crippen molar-refractivity contribution in [3.63, 3.8) is 0 Å². The van der Waals surface area contributed by atoms with Crippen LogP contribution in [0.1, 0.15) is 60.1 Å². The minimum absolute atomic E-state index is 0.0625. The van der Waals surface area contributed by atoms with E-state index in [4.69, 9.17) is 0 Å². The highest BCUT2D eigenvalue weighted by Crippen LogP contribution is 2.49. The quantitative estimate of drug-likeness (QED) is 0.426. The minimum atomic E-state index is 0.0625. The molecule has 37 heavy (non-hydrogen) atoms. The molecule has 3 aromatic carbocycles. The molecule has 0 unspecified atom stereocenters. The predicted molar refractivity (Wildman–Crippen MR) is 151 cm³/mol. The summed E-state index contributed by atoms with van der Waals surface area (Å²) < 4.78 is 0. The summed E-state index contributed by atoms with van der Waals surface area (Å²) in [7, 11) is 0. The van der Waals surface area contributed by atoms with Crippen molar-refractivity contribution in [3.05, 3.63) is 94.0 Å². The molecule has 0 radical (unpaired) electrons. The number of piperidine rings is 1. The number of anilines is 1. The van der Waals surface area contributed by atoms with Crippen LogP contribution in [0.25, 0.3) is 0 Å². The molecule has 1 N–H and O–H groups in total. The van der Waals surface area contributed by atoms with Gasteiger partial charge >= 0.3 is 0 Å². The third-order valence-electron chi connectivity index (χ3n) is 9.11. The normalized spacial score (nSPS) is 22.9. The lowest BCUT2D eigenvalue weighted by molar-refractivity contribution is -0.119. The first-order valence-corrected chi connectivity index (χ1v) is 13.7. The molecule has 194 valence electrons. The van der Waals surface area contributed by atoms with Crippen LogP contribution in [0.3, 0.4) is 0 Å². The van der Waals surface area contributed by atoms with E-state index in [0.717, 1.165) is 48.3 Å². The molecule has 4 heteroatoms. The molecule has 0 spiro atoms. The van der Waals surface area contributed by atoms with Crippen molar-refractivity contribution >= 4 is 11.6 Å². The molecule has 4 nitrogen and oxygen atoms in total. The van der Waals surface area contributed by atoms with Gasteiger partial charge in [0, 0.05) is 24.7 Å². The molecule has 2 aliphatic rings. The van der Waals surface area contributed by atoms with E-state index in [9.17, 15) is 9.90 Å². The second-order valence-electron chi connectivity index (χ2n) is 11.6. The average molecular weight is 497 g/mol. The number of phenolic OH excluding ortho intramolecular Hbond substituents is 1. The van der Waals surface area contributed by atoms with Crippen molar-refractivity contribution in [2.75, 3.05) is 18.0 Å². The molecule has 1 heterocycles. The zero-order valence-electron chi connectivity index (χ0n) is 22.9. The Labute approximate surface area is 221 Å². The summed E-state index contributed by atoms with van der Waals surface area (Å²) in [5.74, 6) is 1.01. The van der Waals surface area contributed by atoms with Gasteiger partial charge in [-0.2, -0.15) is 0 Å². The van der Waals surface area contributed by atoms with Crippen LogP contribution in [0.5, 0.6) is 5.75 Å². The molecular formula is C33H40N2O2. The predicted octanol–water partition coefficient (Wildman–Crippen LogP) is 6.47. The first-order valence-electron chi connectivity index (χ1n) is 13.7. The Morgan fingerprint density at radius 1 is 1.05 bits per heavy atom. The van der Waals surface area contributed by atoms with Crippen molar-refractivity contribution in [2.24, 2.45) is 5.92 Å². The third kappa shape index (κ3) is 4.80. The average Bonchev–Trinajstić information content (AvgIpc) is 2.85. The molecule has 0 saturated carbocycles. The van der Waals surface area contributed by atoms with Crippen LogP contribution in [0, 0.1) is 26.7 Å². The largest absolute Gasteiger partial charge is 0.508 e. The van der Waals surface area contributed by atoms with Crippen LogP contribution in [-0.2, 0) is 23.2 Å². The van der Waals surface area contributed by atoms with Crippen molar-refractivity contribution in [3.8, 4) is 5.75 Å². The van der Waals surface area contributed by atoms with Crippen LogP contribution in [0.4, 0.5) is 5.69 Å². The fraction of sp³-hybridized carbons (Fsp3) is 0.424. The number of rotatable bonds is 6. The Morgan fingerprint density at radius 2 is 1.76 bits per heavy atom. The summed E-state index contributed by atoms with van der Waals surface area (Å²) in [6.45, 7) is 13.4. The topological polar surface area (TPSA) is 43.8 Å². The van der Waals surface area contributed by atoms with Crippen molar-refractivity contribution in [1.82, 2.24) is 4.90 Å². The van der Waals surface area contributed by atoms with Gasteiger partial charge in [-0.25, -0.2) is 0 Å². The molecule has 1 fully saturated rings. The van der Waals surface area contributed by atoms with Gasteiger partial charge in [0.2, 0.25) is 5.91 Å². The second kappa shape index (κ2) is 9.98. The van der Waals surface area contributed by atoms with Gasteiger partial charge in [0.05, 0.1) is 6.54 Å². The molecule has 1 aliphatic carbocycles. The molecule has 3 atom stereocenters. The summed E-state index contributed by atoms with van der Waals surface area (Å²) in [5, 5.41) is 10.1. The number of phenols is 1. The number of aromatic hydroxyl groups is 1. The SMILES string of the molecule is Cc1cc(C)c(N(Cc2ccccc2)C(=O)CCN2CC[C@@]3(C)c4cc(O)ccc4C[C@@H]2[C@@H]3C)c(C)c1. The van der Waals surface area contributed by atoms with Crippen LogP contribution in [0.2, 0.25) is 0 Å². The lowest BCUT2D eigenvalue weighted by Gasteiger charge is -2.54. The number of amides is 1. The molecular weight excluding hydrogens is 456 g/mol. The van der Waals surface area contributed by atoms with E-state index < -0.39 is 0 Å². The van der Waals surface area contributed by atoms with Gasteiger partial charge in [-0.05, 0) is 91.4 Å². The lowest BCUT2D eigenvalue weighted by Crippen LogP contribution is -2.58. The highest BCUT2D eigenvalue weighted by molar-refractivity contribution is 5.95. The van der Waals surface area contributed by atoms with Crippen molar-refractivity contribution in [1.29, 1.82) is 0 Å². The fourth-order valence-corrected chi connectivity index (χ4v) is 7.00.